The van der Waals surface area contributed by atoms with Crippen LogP contribution in [0.1, 0.15) is 33.1 Å². The van der Waals surface area contributed by atoms with Gasteiger partial charge >= 0.3 is 5.69 Å². The van der Waals surface area contributed by atoms with Gasteiger partial charge in [0.05, 0.1) is 0 Å². The smallest absolute Gasteiger partial charge is 0.295 e. The van der Waals surface area contributed by atoms with E-state index < -0.39 is 22.2 Å². The van der Waals surface area contributed by atoms with Crippen molar-refractivity contribution in [3.05, 3.63) is 31.8 Å². The molecule has 0 aromatic carbocycles. The number of nitrogens with one attached hydrogen (secondary N) is 1. The fourth-order valence-electron chi connectivity index (χ4n) is 1.55. The number of aromatic amines is 1. The first-order chi connectivity index (χ1) is 7.93. The summed E-state index contributed by atoms with van der Waals surface area (Å²) in [5, 5.41) is -0.529. The maximum absolute atomic E-state index is 13.2. The lowest BCUT2D eigenvalue weighted by Crippen LogP contribution is -2.37. The highest BCUT2D eigenvalue weighted by Crippen LogP contribution is 2.07. The zero-order chi connectivity index (χ0) is 13.0. The maximum atomic E-state index is 13.2. The van der Waals surface area contributed by atoms with Gasteiger partial charge in [-0.25, -0.2) is 4.79 Å². The Labute approximate surface area is 103 Å². The first kappa shape index (κ1) is 14.0. The average molecular weight is 263 g/mol. The molecule has 96 valence electrons. The van der Waals surface area contributed by atoms with E-state index in [1.165, 1.54) is 0 Å². The van der Waals surface area contributed by atoms with Crippen LogP contribution in [0.25, 0.3) is 0 Å². The second-order valence-corrected chi connectivity index (χ2v) is 4.78. The Hall–Kier alpha value is -1.10. The quantitative estimate of drug-likeness (QED) is 0.653. The molecular formula is C11H16ClFN2O2. The summed E-state index contributed by atoms with van der Waals surface area (Å²) < 4.78 is 14.0. The second kappa shape index (κ2) is 6.00. The molecule has 1 aromatic heterocycles. The van der Waals surface area contributed by atoms with Crippen molar-refractivity contribution >= 4 is 11.6 Å². The molecule has 0 saturated heterocycles. The lowest BCUT2D eigenvalue weighted by atomic mass is 10.1. The van der Waals surface area contributed by atoms with Crippen molar-refractivity contribution < 1.29 is 4.39 Å². The van der Waals surface area contributed by atoms with E-state index >= 15 is 0 Å². The third-order valence-electron chi connectivity index (χ3n) is 2.50. The molecule has 0 unspecified atom stereocenters. The highest BCUT2D eigenvalue weighted by atomic mass is 35.5. The van der Waals surface area contributed by atoms with Crippen LogP contribution in [0.3, 0.4) is 0 Å². The summed E-state index contributed by atoms with van der Waals surface area (Å²) in [6.07, 6.45) is 2.58. The zero-order valence-corrected chi connectivity index (χ0v) is 10.7. The van der Waals surface area contributed by atoms with Crippen LogP contribution in [0, 0.1) is 11.7 Å². The molecule has 1 aromatic rings. The van der Waals surface area contributed by atoms with E-state index in [0.717, 1.165) is 17.4 Å². The third kappa shape index (κ3) is 3.70. The van der Waals surface area contributed by atoms with Crippen LogP contribution in [0.15, 0.2) is 9.59 Å². The Morgan fingerprint density at radius 2 is 2.00 bits per heavy atom. The van der Waals surface area contributed by atoms with Gasteiger partial charge in [-0.1, -0.05) is 38.3 Å². The van der Waals surface area contributed by atoms with Gasteiger partial charge in [-0.3, -0.25) is 14.3 Å². The summed E-state index contributed by atoms with van der Waals surface area (Å²) in [7, 11) is 0. The summed E-state index contributed by atoms with van der Waals surface area (Å²) >= 11 is 5.35. The van der Waals surface area contributed by atoms with E-state index in [-0.39, 0.29) is 6.54 Å². The lowest BCUT2D eigenvalue weighted by Gasteiger charge is -2.06. The van der Waals surface area contributed by atoms with Gasteiger partial charge in [0.2, 0.25) is 5.82 Å². The van der Waals surface area contributed by atoms with E-state index in [0.29, 0.717) is 12.3 Å². The molecule has 0 amide bonds. The molecule has 1 heterocycles. The molecule has 0 aliphatic carbocycles. The minimum absolute atomic E-state index is 0.217. The molecule has 1 rings (SSSR count). The van der Waals surface area contributed by atoms with Crippen molar-refractivity contribution in [3.8, 4) is 0 Å². The molecule has 0 atom stereocenters. The standard InChI is InChI=1S/C11H16ClFN2O2/c1-7(2)5-3-4-6-15-10(16)8(13)9(12)14-11(15)17/h7H,3-6H2,1-2H3,(H,14,17). The number of unbranched alkanes of at least 4 members (excludes halogenated alkanes) is 1. The average Bonchev–Trinajstić information content (AvgIpc) is 2.24. The predicted molar refractivity (Wildman–Crippen MR) is 65.0 cm³/mol. The minimum Gasteiger partial charge on any atom is -0.295 e. The molecule has 0 spiro atoms. The molecule has 4 nitrogen and oxygen atoms in total. The molecule has 0 aliphatic rings. The fraction of sp³-hybridized carbons (Fsp3) is 0.636. The monoisotopic (exact) mass is 262 g/mol. The van der Waals surface area contributed by atoms with E-state index in [1.54, 1.807) is 0 Å². The largest absolute Gasteiger partial charge is 0.329 e. The Kier molecular flexibility index (Phi) is 4.93. The van der Waals surface area contributed by atoms with Gasteiger partial charge in [-0.05, 0) is 12.3 Å². The zero-order valence-electron chi connectivity index (χ0n) is 9.93. The van der Waals surface area contributed by atoms with Crippen molar-refractivity contribution in [1.82, 2.24) is 9.55 Å². The highest BCUT2D eigenvalue weighted by molar-refractivity contribution is 6.29. The molecule has 17 heavy (non-hydrogen) atoms. The Morgan fingerprint density at radius 3 is 2.59 bits per heavy atom. The Morgan fingerprint density at radius 1 is 1.35 bits per heavy atom. The number of aromatic nitrogens is 2. The molecule has 1 N–H and O–H groups in total. The fourth-order valence-corrected chi connectivity index (χ4v) is 1.71. The van der Waals surface area contributed by atoms with E-state index in [2.05, 4.69) is 18.8 Å². The number of H-pyrrole nitrogens is 1. The van der Waals surface area contributed by atoms with Crippen molar-refractivity contribution in [3.63, 3.8) is 0 Å². The molecular weight excluding hydrogens is 247 g/mol. The summed E-state index contributed by atoms with van der Waals surface area (Å²) in [4.78, 5) is 24.9. The third-order valence-corrected chi connectivity index (χ3v) is 2.76. The molecule has 0 fully saturated rings. The number of halogens is 2. The van der Waals surface area contributed by atoms with Crippen molar-refractivity contribution in [2.24, 2.45) is 5.92 Å². The van der Waals surface area contributed by atoms with Crippen LogP contribution < -0.4 is 11.2 Å². The van der Waals surface area contributed by atoms with E-state index in [9.17, 15) is 14.0 Å². The minimum atomic E-state index is -1.10. The SMILES string of the molecule is CC(C)CCCCn1c(=O)[nH]c(Cl)c(F)c1=O. The number of rotatable bonds is 5. The van der Waals surface area contributed by atoms with Crippen molar-refractivity contribution in [2.45, 2.75) is 39.7 Å². The number of nitrogens with zero attached hydrogens (tertiary/aromatic N) is 1. The van der Waals surface area contributed by atoms with Gasteiger partial charge in [0, 0.05) is 6.54 Å². The first-order valence-electron chi connectivity index (χ1n) is 5.61. The van der Waals surface area contributed by atoms with Crippen LogP contribution in [0.4, 0.5) is 4.39 Å². The number of hydrogen-bond acceptors (Lipinski definition) is 2. The molecule has 0 radical (unpaired) electrons. The van der Waals surface area contributed by atoms with Crippen LogP contribution in [0.2, 0.25) is 5.15 Å². The van der Waals surface area contributed by atoms with Crippen LogP contribution >= 0.6 is 11.6 Å². The predicted octanol–water partition coefficient (Wildman–Crippen LogP) is 2.16. The molecule has 0 aliphatic heterocycles. The molecule has 6 heteroatoms. The van der Waals surface area contributed by atoms with Gasteiger partial charge in [0.25, 0.3) is 5.56 Å². The Bertz CT molecular complexity index is 493. The number of hydrogen-bond donors (Lipinski definition) is 1. The highest BCUT2D eigenvalue weighted by Gasteiger charge is 2.11. The lowest BCUT2D eigenvalue weighted by molar-refractivity contribution is 0.481. The maximum Gasteiger partial charge on any atom is 0.329 e. The summed E-state index contributed by atoms with van der Waals surface area (Å²) in [6, 6.07) is 0. The first-order valence-corrected chi connectivity index (χ1v) is 5.99. The van der Waals surface area contributed by atoms with Crippen molar-refractivity contribution in [2.75, 3.05) is 0 Å². The second-order valence-electron chi connectivity index (χ2n) is 4.40. The Balaban J connectivity index is 2.76. The van der Waals surface area contributed by atoms with Crippen LogP contribution in [-0.2, 0) is 6.54 Å². The topological polar surface area (TPSA) is 54.9 Å². The summed E-state index contributed by atoms with van der Waals surface area (Å²) in [6.45, 7) is 4.41. The van der Waals surface area contributed by atoms with Gasteiger partial charge in [0.1, 0.15) is 0 Å². The van der Waals surface area contributed by atoms with Gasteiger partial charge < -0.3 is 0 Å². The summed E-state index contributed by atoms with van der Waals surface area (Å²) in [5.74, 6) is -0.526. The van der Waals surface area contributed by atoms with Gasteiger partial charge in [0.15, 0.2) is 5.15 Å². The van der Waals surface area contributed by atoms with Crippen molar-refractivity contribution in [1.29, 1.82) is 0 Å². The van der Waals surface area contributed by atoms with Crippen LogP contribution in [-0.4, -0.2) is 9.55 Å². The molecule has 0 saturated carbocycles. The molecule has 0 bridgehead atoms. The van der Waals surface area contributed by atoms with Gasteiger partial charge in [-0.15, -0.1) is 0 Å². The van der Waals surface area contributed by atoms with E-state index in [1.807, 2.05) is 0 Å². The summed E-state index contributed by atoms with van der Waals surface area (Å²) in [5.41, 5.74) is -1.62. The van der Waals surface area contributed by atoms with Crippen LogP contribution in [0.5, 0.6) is 0 Å². The van der Waals surface area contributed by atoms with Gasteiger partial charge in [-0.2, -0.15) is 4.39 Å². The normalized spacial score (nSPS) is 11.1. The van der Waals surface area contributed by atoms with E-state index in [4.69, 9.17) is 11.6 Å².